The second-order valence-electron chi connectivity index (χ2n) is 5.75. The zero-order valence-electron chi connectivity index (χ0n) is 15.3. The summed E-state index contributed by atoms with van der Waals surface area (Å²) in [6.07, 6.45) is 0. The molecule has 7 nitrogen and oxygen atoms in total. The van der Waals surface area contributed by atoms with E-state index in [0.29, 0.717) is 35.9 Å². The summed E-state index contributed by atoms with van der Waals surface area (Å²) in [7, 11) is 0. The fourth-order valence-corrected chi connectivity index (χ4v) is 4.44. The first-order chi connectivity index (χ1) is 14.8. The summed E-state index contributed by atoms with van der Waals surface area (Å²) in [6, 6.07) is 9.49. The molecule has 1 heterocycles. The predicted octanol–water partition coefficient (Wildman–Crippen LogP) is 5.90. The Labute approximate surface area is 205 Å². The fraction of sp³-hybridized carbons (Fsp3) is 0.111. The third-order valence-corrected chi connectivity index (χ3v) is 6.68. The molecule has 0 atom stereocenters. The highest BCUT2D eigenvalue weighted by molar-refractivity contribution is 8.01. The lowest BCUT2D eigenvalue weighted by atomic mass is 10.3. The molecule has 0 saturated heterocycles. The molecule has 0 spiro atoms. The lowest BCUT2D eigenvalue weighted by Gasteiger charge is -2.07. The van der Waals surface area contributed by atoms with Gasteiger partial charge in [0.15, 0.2) is 10.9 Å². The number of rotatable bonds is 8. The number of benzene rings is 2. The molecule has 13 heteroatoms. The van der Waals surface area contributed by atoms with Crippen LogP contribution in [0.15, 0.2) is 40.7 Å². The predicted molar refractivity (Wildman–Crippen MR) is 126 cm³/mol. The normalized spacial score (nSPS) is 10.6. The maximum Gasteiger partial charge on any atom is 0.264 e. The minimum Gasteiger partial charge on any atom is -0.482 e. The highest BCUT2D eigenvalue weighted by atomic mass is 35.5. The van der Waals surface area contributed by atoms with Gasteiger partial charge in [0.25, 0.3) is 5.91 Å². The standard InChI is InChI=1S/C18H12Cl4N4O3S2/c19-9-1-4-14(13(22)5-9)29-7-15(27)24-17-25-26-18(31-17)30-8-16(28)23-10-2-3-11(20)12(21)6-10/h1-6H,7-8H2,(H,23,28)(H,24,25,27). The number of carbonyl (C=O) groups excluding carboxylic acids is 2. The van der Waals surface area contributed by atoms with Crippen LogP contribution in [0, 0.1) is 0 Å². The summed E-state index contributed by atoms with van der Waals surface area (Å²) in [5, 5.41) is 14.9. The van der Waals surface area contributed by atoms with E-state index < -0.39 is 5.91 Å². The molecule has 3 rings (SSSR count). The van der Waals surface area contributed by atoms with Crippen molar-refractivity contribution in [1.29, 1.82) is 0 Å². The van der Waals surface area contributed by atoms with Crippen molar-refractivity contribution in [3.05, 3.63) is 56.5 Å². The zero-order valence-corrected chi connectivity index (χ0v) is 20.0. The van der Waals surface area contributed by atoms with E-state index in [1.807, 2.05) is 0 Å². The molecule has 0 saturated carbocycles. The number of thioether (sulfide) groups is 1. The number of nitrogens with one attached hydrogen (secondary N) is 2. The molecule has 162 valence electrons. The second kappa shape index (κ2) is 11.2. The van der Waals surface area contributed by atoms with Crippen LogP contribution >= 0.6 is 69.5 Å². The Morgan fingerprint density at radius 3 is 2.48 bits per heavy atom. The Morgan fingerprint density at radius 1 is 0.935 bits per heavy atom. The van der Waals surface area contributed by atoms with Crippen molar-refractivity contribution in [3.63, 3.8) is 0 Å². The van der Waals surface area contributed by atoms with Crippen molar-refractivity contribution < 1.29 is 14.3 Å². The van der Waals surface area contributed by atoms with Gasteiger partial charge in [0, 0.05) is 10.7 Å². The van der Waals surface area contributed by atoms with E-state index >= 15 is 0 Å². The number of aromatic nitrogens is 2. The largest absolute Gasteiger partial charge is 0.482 e. The zero-order chi connectivity index (χ0) is 22.4. The van der Waals surface area contributed by atoms with Crippen molar-refractivity contribution >= 4 is 92.1 Å². The van der Waals surface area contributed by atoms with Crippen LogP contribution in [-0.2, 0) is 9.59 Å². The number of amides is 2. The number of ether oxygens (including phenoxy) is 1. The topological polar surface area (TPSA) is 93.2 Å². The van der Waals surface area contributed by atoms with Crippen LogP contribution in [0.2, 0.25) is 20.1 Å². The van der Waals surface area contributed by atoms with Crippen molar-refractivity contribution in [2.24, 2.45) is 0 Å². The number of carbonyl (C=O) groups is 2. The van der Waals surface area contributed by atoms with Gasteiger partial charge in [-0.1, -0.05) is 69.5 Å². The molecule has 0 radical (unpaired) electrons. The number of hydrogen-bond acceptors (Lipinski definition) is 7. The molecule has 0 aliphatic rings. The maximum atomic E-state index is 12.1. The fourth-order valence-electron chi connectivity index (χ4n) is 2.11. The van der Waals surface area contributed by atoms with E-state index in [1.54, 1.807) is 30.3 Å². The minimum absolute atomic E-state index is 0.0982. The van der Waals surface area contributed by atoms with Gasteiger partial charge in [-0.2, -0.15) is 0 Å². The smallest absolute Gasteiger partial charge is 0.264 e. The van der Waals surface area contributed by atoms with Gasteiger partial charge in [0.05, 0.1) is 20.8 Å². The number of nitrogens with zero attached hydrogens (tertiary/aromatic N) is 2. The molecule has 0 aliphatic carbocycles. The summed E-state index contributed by atoms with van der Waals surface area (Å²) in [5.74, 6) is -0.253. The van der Waals surface area contributed by atoms with Gasteiger partial charge in [-0.15, -0.1) is 10.2 Å². The second-order valence-corrected chi connectivity index (χ2v) is 9.61. The van der Waals surface area contributed by atoms with Crippen LogP contribution in [-0.4, -0.2) is 34.4 Å². The lowest BCUT2D eigenvalue weighted by molar-refractivity contribution is -0.118. The first-order valence-electron chi connectivity index (χ1n) is 8.39. The summed E-state index contributed by atoms with van der Waals surface area (Å²) in [6.45, 7) is -0.268. The van der Waals surface area contributed by atoms with E-state index in [2.05, 4.69) is 20.8 Å². The quantitative estimate of drug-likeness (QED) is 0.274. The van der Waals surface area contributed by atoms with Gasteiger partial charge in [0.2, 0.25) is 11.0 Å². The van der Waals surface area contributed by atoms with E-state index in [4.69, 9.17) is 51.1 Å². The summed E-state index contributed by atoms with van der Waals surface area (Å²) < 4.78 is 5.88. The summed E-state index contributed by atoms with van der Waals surface area (Å²) >= 11 is 25.9. The van der Waals surface area contributed by atoms with Crippen molar-refractivity contribution in [2.75, 3.05) is 23.0 Å². The summed E-state index contributed by atoms with van der Waals surface area (Å²) in [4.78, 5) is 24.1. The Balaban J connectivity index is 1.44. The molecule has 2 aromatic carbocycles. The average molecular weight is 538 g/mol. The number of anilines is 2. The number of halogens is 4. The molecular formula is C18H12Cl4N4O3S2. The van der Waals surface area contributed by atoms with Gasteiger partial charge >= 0.3 is 0 Å². The van der Waals surface area contributed by atoms with E-state index in [0.717, 1.165) is 11.3 Å². The molecule has 3 aromatic rings. The highest BCUT2D eigenvalue weighted by Gasteiger charge is 2.12. The molecule has 0 aliphatic heterocycles. The van der Waals surface area contributed by atoms with Crippen LogP contribution in [0.1, 0.15) is 0 Å². The Hall–Kier alpha value is -1.75. The Bertz CT molecular complexity index is 1110. The minimum atomic E-state index is -0.434. The van der Waals surface area contributed by atoms with E-state index in [-0.39, 0.29) is 23.4 Å². The average Bonchev–Trinajstić information content (AvgIpc) is 3.16. The first kappa shape index (κ1) is 23.9. The molecule has 2 amide bonds. The van der Waals surface area contributed by atoms with Crippen molar-refractivity contribution in [3.8, 4) is 5.75 Å². The molecule has 0 bridgehead atoms. The van der Waals surface area contributed by atoms with E-state index in [9.17, 15) is 9.59 Å². The molecule has 2 N–H and O–H groups in total. The van der Waals surface area contributed by atoms with Crippen LogP contribution < -0.4 is 15.4 Å². The first-order valence-corrected chi connectivity index (χ1v) is 11.7. The molecular weight excluding hydrogens is 526 g/mol. The van der Waals surface area contributed by atoms with Gasteiger partial charge < -0.3 is 10.1 Å². The number of hydrogen-bond donors (Lipinski definition) is 2. The van der Waals surface area contributed by atoms with Gasteiger partial charge in [-0.25, -0.2) is 0 Å². The van der Waals surface area contributed by atoms with Crippen LogP contribution in [0.3, 0.4) is 0 Å². The van der Waals surface area contributed by atoms with Crippen molar-refractivity contribution in [2.45, 2.75) is 4.34 Å². The molecule has 31 heavy (non-hydrogen) atoms. The Kier molecular flexibility index (Phi) is 8.65. The molecule has 0 fully saturated rings. The maximum absolute atomic E-state index is 12.1. The SMILES string of the molecule is O=C(CSc1nnc(NC(=O)COc2ccc(Cl)cc2Cl)s1)Nc1ccc(Cl)c(Cl)c1. The van der Waals surface area contributed by atoms with Crippen LogP contribution in [0.4, 0.5) is 10.8 Å². The monoisotopic (exact) mass is 536 g/mol. The van der Waals surface area contributed by atoms with Crippen LogP contribution in [0.25, 0.3) is 0 Å². The van der Waals surface area contributed by atoms with E-state index in [1.165, 1.54) is 17.8 Å². The van der Waals surface area contributed by atoms with Crippen LogP contribution in [0.5, 0.6) is 5.75 Å². The van der Waals surface area contributed by atoms with Crippen molar-refractivity contribution in [1.82, 2.24) is 10.2 Å². The molecule has 0 unspecified atom stereocenters. The summed E-state index contributed by atoms with van der Waals surface area (Å²) in [5.41, 5.74) is 0.533. The Morgan fingerprint density at radius 2 is 1.74 bits per heavy atom. The van der Waals surface area contributed by atoms with Gasteiger partial charge in [-0.05, 0) is 36.4 Å². The highest BCUT2D eigenvalue weighted by Crippen LogP contribution is 2.29. The van der Waals surface area contributed by atoms with Gasteiger partial charge in [-0.3, -0.25) is 14.9 Å². The molecule has 1 aromatic heterocycles. The lowest BCUT2D eigenvalue weighted by Crippen LogP contribution is -2.20. The third kappa shape index (κ3) is 7.41. The third-order valence-electron chi connectivity index (χ3n) is 3.44. The van der Waals surface area contributed by atoms with Gasteiger partial charge in [0.1, 0.15) is 5.75 Å².